The van der Waals surface area contributed by atoms with E-state index in [2.05, 4.69) is 15.6 Å². The molecule has 0 radical (unpaired) electrons. The highest BCUT2D eigenvalue weighted by Crippen LogP contribution is 2.40. The van der Waals surface area contributed by atoms with Gasteiger partial charge in [-0.2, -0.15) is 4.98 Å². The lowest BCUT2D eigenvalue weighted by molar-refractivity contribution is -0.125. The molecule has 0 spiro atoms. The molecule has 0 unspecified atom stereocenters. The van der Waals surface area contributed by atoms with E-state index < -0.39 is 5.41 Å². The van der Waals surface area contributed by atoms with Crippen LogP contribution in [-0.4, -0.2) is 49.5 Å². The predicted octanol–water partition coefficient (Wildman–Crippen LogP) is 3.73. The van der Waals surface area contributed by atoms with Gasteiger partial charge in [0, 0.05) is 31.9 Å². The lowest BCUT2D eigenvalue weighted by Crippen LogP contribution is -2.41. The van der Waals surface area contributed by atoms with E-state index in [0.717, 1.165) is 5.69 Å². The third kappa shape index (κ3) is 4.24. The number of nitrogens with one attached hydrogen (secondary N) is 2. The molecule has 3 aromatic rings. The van der Waals surface area contributed by atoms with Gasteiger partial charge in [-0.25, -0.2) is 4.98 Å². The molecule has 1 aliphatic heterocycles. The van der Waals surface area contributed by atoms with Gasteiger partial charge in [-0.05, 0) is 44.2 Å². The zero-order chi connectivity index (χ0) is 24.5. The number of para-hydroxylation sites is 1. The monoisotopic (exact) mass is 460 g/mol. The Bertz CT molecular complexity index is 1230. The molecule has 34 heavy (non-hydrogen) atoms. The highest BCUT2D eigenvalue weighted by atomic mass is 16.5. The Morgan fingerprint density at radius 1 is 1.15 bits per heavy atom. The molecule has 0 fully saturated rings. The third-order valence-electron chi connectivity index (χ3n) is 5.81. The van der Waals surface area contributed by atoms with E-state index in [1.54, 1.807) is 43.4 Å². The molecule has 0 aliphatic carbocycles. The molecule has 0 atom stereocenters. The van der Waals surface area contributed by atoms with Gasteiger partial charge in [-0.1, -0.05) is 18.2 Å². The summed E-state index contributed by atoms with van der Waals surface area (Å²) in [5.41, 5.74) is 1.99. The number of aromatic nitrogens is 2. The maximum Gasteiger partial charge on any atom is 0.251 e. The molecule has 9 nitrogen and oxygen atoms in total. The first-order chi connectivity index (χ1) is 16.2. The van der Waals surface area contributed by atoms with Gasteiger partial charge in [-0.3, -0.25) is 9.59 Å². The van der Waals surface area contributed by atoms with Crippen LogP contribution in [0.5, 0.6) is 5.75 Å². The summed E-state index contributed by atoms with van der Waals surface area (Å²) in [6.07, 6.45) is 1.64. The topological polar surface area (TPSA) is 99.7 Å². The molecule has 0 bridgehead atoms. The lowest BCUT2D eigenvalue weighted by atomic mass is 9.91. The van der Waals surface area contributed by atoms with E-state index in [0.29, 0.717) is 41.0 Å². The highest BCUT2D eigenvalue weighted by molar-refractivity contribution is 6.01. The van der Waals surface area contributed by atoms with Crippen molar-refractivity contribution in [2.75, 3.05) is 42.9 Å². The number of rotatable bonds is 5. The van der Waals surface area contributed by atoms with Gasteiger partial charge in [0.25, 0.3) is 5.91 Å². The van der Waals surface area contributed by atoms with Crippen molar-refractivity contribution in [3.8, 4) is 5.75 Å². The van der Waals surface area contributed by atoms with Crippen molar-refractivity contribution in [2.45, 2.75) is 13.8 Å². The summed E-state index contributed by atoms with van der Waals surface area (Å²) in [7, 11) is 4.85. The van der Waals surface area contributed by atoms with Gasteiger partial charge in [0.15, 0.2) is 5.82 Å². The number of fused-ring (bicyclic) bond motifs is 1. The average molecular weight is 461 g/mol. The fourth-order valence-electron chi connectivity index (χ4n) is 3.99. The Hall–Kier alpha value is -4.14. The lowest BCUT2D eigenvalue weighted by Gasteiger charge is -2.29. The molecule has 2 N–H and O–H groups in total. The van der Waals surface area contributed by atoms with Crippen molar-refractivity contribution in [1.82, 2.24) is 15.3 Å². The first-order valence-corrected chi connectivity index (χ1v) is 10.9. The second-order valence-corrected chi connectivity index (χ2v) is 8.69. The van der Waals surface area contributed by atoms with Crippen LogP contribution < -0.4 is 25.2 Å². The molecule has 176 valence electrons. The van der Waals surface area contributed by atoms with Gasteiger partial charge < -0.3 is 25.2 Å². The van der Waals surface area contributed by atoms with Crippen LogP contribution in [0.15, 0.2) is 54.7 Å². The number of benzene rings is 2. The number of nitrogens with zero attached hydrogens (tertiary/aromatic N) is 4. The van der Waals surface area contributed by atoms with Crippen molar-refractivity contribution in [3.63, 3.8) is 0 Å². The quantitative estimate of drug-likeness (QED) is 0.598. The van der Waals surface area contributed by atoms with Crippen LogP contribution in [-0.2, 0) is 4.79 Å². The maximum atomic E-state index is 13.2. The summed E-state index contributed by atoms with van der Waals surface area (Å²) in [5, 5.41) is 5.79. The largest absolute Gasteiger partial charge is 0.495 e. The summed E-state index contributed by atoms with van der Waals surface area (Å²) >= 11 is 0. The van der Waals surface area contributed by atoms with E-state index in [4.69, 9.17) is 9.72 Å². The maximum absolute atomic E-state index is 13.2. The summed E-state index contributed by atoms with van der Waals surface area (Å²) in [6, 6.07) is 14.9. The number of anilines is 5. The van der Waals surface area contributed by atoms with E-state index >= 15 is 0 Å². The zero-order valence-electron chi connectivity index (χ0n) is 19.9. The number of hydrogen-bond acceptors (Lipinski definition) is 7. The number of amides is 2. The Labute approximate surface area is 198 Å². The fourth-order valence-corrected chi connectivity index (χ4v) is 3.99. The molecule has 0 saturated carbocycles. The van der Waals surface area contributed by atoms with E-state index in [-0.39, 0.29) is 11.8 Å². The zero-order valence-corrected chi connectivity index (χ0v) is 19.9. The highest BCUT2D eigenvalue weighted by Gasteiger charge is 2.39. The molecular weight excluding hydrogens is 432 g/mol. The van der Waals surface area contributed by atoms with Crippen molar-refractivity contribution < 1.29 is 14.3 Å². The van der Waals surface area contributed by atoms with Crippen LogP contribution in [0.4, 0.5) is 28.8 Å². The molecule has 1 aromatic heterocycles. The minimum absolute atomic E-state index is 0.0112. The van der Waals surface area contributed by atoms with Crippen molar-refractivity contribution >= 4 is 40.6 Å². The molecule has 9 heteroatoms. The average Bonchev–Trinajstić information content (AvgIpc) is 2.93. The third-order valence-corrected chi connectivity index (χ3v) is 5.81. The molecule has 2 aromatic carbocycles. The van der Waals surface area contributed by atoms with Crippen molar-refractivity contribution in [2.24, 2.45) is 5.41 Å². The molecule has 2 heterocycles. The van der Waals surface area contributed by atoms with Crippen molar-refractivity contribution in [3.05, 3.63) is 60.3 Å². The first kappa shape index (κ1) is 23.0. The summed E-state index contributed by atoms with van der Waals surface area (Å²) in [6.45, 7) is 4.31. The Morgan fingerprint density at radius 2 is 1.88 bits per heavy atom. The molecule has 1 aliphatic rings. The molecular formula is C25H28N6O3. The fraction of sp³-hybridized carbons (Fsp3) is 0.280. The van der Waals surface area contributed by atoms with E-state index in [9.17, 15) is 9.59 Å². The van der Waals surface area contributed by atoms with Crippen molar-refractivity contribution in [1.29, 1.82) is 0 Å². The van der Waals surface area contributed by atoms with Gasteiger partial charge in [-0.15, -0.1) is 0 Å². The number of hydrogen-bond donors (Lipinski definition) is 2. The summed E-state index contributed by atoms with van der Waals surface area (Å²) in [4.78, 5) is 38.0. The van der Waals surface area contributed by atoms with Gasteiger partial charge in [0.2, 0.25) is 11.9 Å². The summed E-state index contributed by atoms with van der Waals surface area (Å²) < 4.78 is 5.47. The van der Waals surface area contributed by atoms with Gasteiger partial charge >= 0.3 is 0 Å². The van der Waals surface area contributed by atoms with Gasteiger partial charge in [0.1, 0.15) is 11.4 Å². The van der Waals surface area contributed by atoms with Gasteiger partial charge in [0.05, 0.1) is 24.4 Å². The molecule has 0 saturated heterocycles. The van der Waals surface area contributed by atoms with Crippen LogP contribution in [0, 0.1) is 5.41 Å². The second kappa shape index (κ2) is 9.01. The molecule has 2 amide bonds. The smallest absolute Gasteiger partial charge is 0.251 e. The Morgan fingerprint density at radius 3 is 2.56 bits per heavy atom. The Balaban J connectivity index is 1.77. The normalized spacial score (nSPS) is 14.8. The number of methoxy groups -OCH3 is 1. The van der Waals surface area contributed by atoms with Crippen LogP contribution in [0.1, 0.15) is 24.2 Å². The predicted molar refractivity (Wildman–Crippen MR) is 132 cm³/mol. The number of carbonyl (C=O) groups is 2. The van der Waals surface area contributed by atoms with Crippen LogP contribution >= 0.6 is 0 Å². The standard InChI is InChI=1S/C25H28N6O3/c1-25(2)15-31(17-9-7-6-8-10-17)21-19(30(4)23(25)33)14-27-24(29-21)28-18-12-11-16(22(32)26-3)13-20(18)34-5/h6-14H,15H2,1-5H3,(H,26,32)(H,27,28,29). The molecule has 4 rings (SSSR count). The number of ether oxygens (including phenoxy) is 1. The van der Waals surface area contributed by atoms with Crippen LogP contribution in [0.25, 0.3) is 0 Å². The minimum Gasteiger partial charge on any atom is -0.495 e. The SMILES string of the molecule is CNC(=O)c1ccc(Nc2ncc3c(n2)N(c2ccccc2)CC(C)(C)C(=O)N3C)c(OC)c1. The Kier molecular flexibility index (Phi) is 6.10. The number of carbonyl (C=O) groups excluding carboxylic acids is 2. The van der Waals surface area contributed by atoms with E-state index in [1.807, 2.05) is 49.1 Å². The second-order valence-electron chi connectivity index (χ2n) is 8.69. The summed E-state index contributed by atoms with van der Waals surface area (Å²) in [5.74, 6) is 1.22. The van der Waals surface area contributed by atoms with E-state index in [1.165, 1.54) is 7.11 Å². The minimum atomic E-state index is -0.641. The van der Waals surface area contributed by atoms with Crippen LogP contribution in [0.2, 0.25) is 0 Å². The first-order valence-electron chi connectivity index (χ1n) is 10.9. The van der Waals surface area contributed by atoms with Crippen LogP contribution in [0.3, 0.4) is 0 Å².